The van der Waals surface area contributed by atoms with Gasteiger partial charge in [-0.25, -0.2) is 4.79 Å². The van der Waals surface area contributed by atoms with Crippen LogP contribution in [0.4, 0.5) is 5.69 Å². The topological polar surface area (TPSA) is 68.3 Å². The highest BCUT2D eigenvalue weighted by Gasteiger charge is 2.39. The van der Waals surface area contributed by atoms with Crippen molar-refractivity contribution in [3.63, 3.8) is 0 Å². The molecule has 0 spiro atoms. The van der Waals surface area contributed by atoms with E-state index in [4.69, 9.17) is 4.74 Å². The SMILES string of the molecule is COC(=O)c1ccc(C2C3=C(CC(c4ccccc4)CC3=O)Nc3ccc4ncccc4c32)cc1. The van der Waals surface area contributed by atoms with Crippen molar-refractivity contribution in [2.24, 2.45) is 0 Å². The minimum absolute atomic E-state index is 0.140. The number of rotatable bonds is 3. The van der Waals surface area contributed by atoms with Gasteiger partial charge in [0.05, 0.1) is 18.2 Å². The van der Waals surface area contributed by atoms with Gasteiger partial charge < -0.3 is 10.1 Å². The number of pyridine rings is 1. The molecule has 5 heteroatoms. The van der Waals surface area contributed by atoms with Crippen molar-refractivity contribution in [2.45, 2.75) is 24.7 Å². The normalized spacial score (nSPS) is 19.1. The molecule has 0 radical (unpaired) electrons. The van der Waals surface area contributed by atoms with Gasteiger partial charge in [-0.15, -0.1) is 0 Å². The maximum Gasteiger partial charge on any atom is 0.337 e. The number of nitrogens with zero attached hydrogens (tertiary/aromatic N) is 1. The van der Waals surface area contributed by atoms with E-state index in [0.717, 1.165) is 45.4 Å². The van der Waals surface area contributed by atoms with Crippen molar-refractivity contribution in [1.29, 1.82) is 0 Å². The number of methoxy groups -OCH3 is 1. The van der Waals surface area contributed by atoms with Crippen LogP contribution < -0.4 is 5.32 Å². The Morgan fingerprint density at radius 2 is 1.71 bits per heavy atom. The predicted molar refractivity (Wildman–Crippen MR) is 135 cm³/mol. The number of ketones is 1. The first-order chi connectivity index (χ1) is 17.1. The van der Waals surface area contributed by atoms with Crippen LogP contribution in [0.15, 0.2) is 96.3 Å². The van der Waals surface area contributed by atoms with Gasteiger partial charge in [0, 0.05) is 40.9 Å². The number of allylic oxidation sites excluding steroid dienone is 2. The molecule has 0 saturated carbocycles. The van der Waals surface area contributed by atoms with Crippen LogP contribution in [0.2, 0.25) is 0 Å². The summed E-state index contributed by atoms with van der Waals surface area (Å²) in [5.41, 5.74) is 7.36. The van der Waals surface area contributed by atoms with Crippen molar-refractivity contribution in [3.8, 4) is 0 Å². The molecule has 0 amide bonds. The number of benzene rings is 3. The van der Waals surface area contributed by atoms with E-state index in [2.05, 4.69) is 34.6 Å². The molecule has 2 atom stereocenters. The summed E-state index contributed by atoms with van der Waals surface area (Å²) in [6.45, 7) is 0. The Morgan fingerprint density at radius 1 is 0.914 bits per heavy atom. The molecule has 35 heavy (non-hydrogen) atoms. The predicted octanol–water partition coefficient (Wildman–Crippen LogP) is 5.98. The number of hydrogen-bond donors (Lipinski definition) is 1. The lowest BCUT2D eigenvalue weighted by Gasteiger charge is -2.37. The molecule has 3 aromatic carbocycles. The third-order valence-corrected chi connectivity index (χ3v) is 7.13. The first kappa shape index (κ1) is 21.3. The van der Waals surface area contributed by atoms with Crippen LogP contribution in [0.3, 0.4) is 0 Å². The molecule has 2 heterocycles. The van der Waals surface area contributed by atoms with Crippen molar-refractivity contribution < 1.29 is 14.3 Å². The van der Waals surface area contributed by atoms with Crippen LogP contribution in [0, 0.1) is 0 Å². The summed E-state index contributed by atoms with van der Waals surface area (Å²) in [5.74, 6) is -0.330. The molecule has 0 fully saturated rings. The Morgan fingerprint density at radius 3 is 2.49 bits per heavy atom. The van der Waals surface area contributed by atoms with Gasteiger partial charge in [-0.05, 0) is 59.4 Å². The van der Waals surface area contributed by atoms with Crippen LogP contribution in [-0.4, -0.2) is 23.8 Å². The lowest BCUT2D eigenvalue weighted by molar-refractivity contribution is -0.116. The number of nitrogens with one attached hydrogen (secondary N) is 1. The van der Waals surface area contributed by atoms with Crippen LogP contribution in [-0.2, 0) is 9.53 Å². The second-order valence-corrected chi connectivity index (χ2v) is 9.10. The van der Waals surface area contributed by atoms with E-state index in [1.165, 1.54) is 12.7 Å². The van der Waals surface area contributed by atoms with Crippen LogP contribution in [0.1, 0.15) is 51.7 Å². The quantitative estimate of drug-likeness (QED) is 0.381. The lowest BCUT2D eigenvalue weighted by atomic mass is 9.71. The van der Waals surface area contributed by atoms with Crippen LogP contribution in [0.25, 0.3) is 10.9 Å². The number of fused-ring (bicyclic) bond motifs is 3. The Kier molecular flexibility index (Phi) is 5.18. The van der Waals surface area contributed by atoms with Crippen molar-refractivity contribution in [2.75, 3.05) is 12.4 Å². The average Bonchev–Trinajstić information content (AvgIpc) is 2.91. The van der Waals surface area contributed by atoms with Crippen LogP contribution >= 0.6 is 0 Å². The third-order valence-electron chi connectivity index (χ3n) is 7.13. The van der Waals surface area contributed by atoms with Crippen molar-refractivity contribution >= 4 is 28.3 Å². The third kappa shape index (κ3) is 3.60. The fraction of sp³-hybridized carbons (Fsp3) is 0.167. The Balaban J connectivity index is 1.52. The molecular formula is C30H24N2O3. The van der Waals surface area contributed by atoms with Gasteiger partial charge in [0.2, 0.25) is 0 Å². The van der Waals surface area contributed by atoms with E-state index in [1.54, 1.807) is 18.3 Å². The number of carbonyl (C=O) groups excluding carboxylic acids is 2. The number of esters is 1. The fourth-order valence-corrected chi connectivity index (χ4v) is 5.51. The molecule has 2 unspecified atom stereocenters. The molecular weight excluding hydrogens is 436 g/mol. The fourth-order valence-electron chi connectivity index (χ4n) is 5.51. The summed E-state index contributed by atoms with van der Waals surface area (Å²) in [5, 5.41) is 4.63. The summed E-state index contributed by atoms with van der Waals surface area (Å²) in [7, 11) is 1.37. The molecule has 0 saturated heterocycles. The number of hydrogen-bond acceptors (Lipinski definition) is 5. The van der Waals surface area contributed by atoms with Gasteiger partial charge in [-0.1, -0.05) is 48.5 Å². The summed E-state index contributed by atoms with van der Waals surface area (Å²) in [4.78, 5) is 30.3. The number of Topliss-reactive ketones (excluding diaryl/α,β-unsaturated/α-hetero) is 1. The minimum atomic E-state index is -0.378. The summed E-state index contributed by atoms with van der Waals surface area (Å²) < 4.78 is 4.87. The van der Waals surface area contributed by atoms with Gasteiger partial charge in [0.15, 0.2) is 5.78 Å². The maximum absolute atomic E-state index is 13.8. The molecule has 2 aliphatic rings. The number of aromatic nitrogens is 1. The molecule has 4 aromatic rings. The highest BCUT2D eigenvalue weighted by atomic mass is 16.5. The molecule has 0 bridgehead atoms. The summed E-state index contributed by atoms with van der Waals surface area (Å²) in [6, 6.07) is 25.7. The highest BCUT2D eigenvalue weighted by Crippen LogP contribution is 2.49. The lowest BCUT2D eigenvalue weighted by Crippen LogP contribution is -2.30. The summed E-state index contributed by atoms with van der Waals surface area (Å²) >= 11 is 0. The van der Waals surface area contributed by atoms with E-state index < -0.39 is 0 Å². The minimum Gasteiger partial charge on any atom is -0.465 e. The number of carbonyl (C=O) groups is 2. The smallest absolute Gasteiger partial charge is 0.337 e. The molecule has 6 rings (SSSR count). The molecule has 172 valence electrons. The zero-order valence-electron chi connectivity index (χ0n) is 19.3. The van der Waals surface area contributed by atoms with E-state index >= 15 is 0 Å². The summed E-state index contributed by atoms with van der Waals surface area (Å²) in [6.07, 6.45) is 3.03. The van der Waals surface area contributed by atoms with Gasteiger partial charge in [-0.3, -0.25) is 9.78 Å². The Bertz CT molecular complexity index is 1490. The zero-order chi connectivity index (χ0) is 23.9. The van der Waals surface area contributed by atoms with Crippen molar-refractivity contribution in [3.05, 3.63) is 119 Å². The second-order valence-electron chi connectivity index (χ2n) is 9.10. The van der Waals surface area contributed by atoms with E-state index in [1.807, 2.05) is 42.5 Å². The number of ether oxygens (including phenoxy) is 1. The first-order valence-electron chi connectivity index (χ1n) is 11.8. The van der Waals surface area contributed by atoms with Crippen molar-refractivity contribution in [1.82, 2.24) is 4.98 Å². The highest BCUT2D eigenvalue weighted by molar-refractivity contribution is 6.04. The Labute approximate surface area is 203 Å². The standard InChI is InChI=1S/C30H24N2O3/c1-35-30(34)20-11-9-19(10-12-20)27-28-22-8-5-15-31-23(22)13-14-24(28)32-25-16-21(17-26(33)29(25)27)18-6-3-2-4-7-18/h2-15,21,27,32H,16-17H2,1H3. The van der Waals surface area contributed by atoms with Gasteiger partial charge in [0.1, 0.15) is 0 Å². The molecule has 5 nitrogen and oxygen atoms in total. The van der Waals surface area contributed by atoms with Gasteiger partial charge in [-0.2, -0.15) is 0 Å². The van der Waals surface area contributed by atoms with E-state index in [9.17, 15) is 9.59 Å². The first-order valence-corrected chi connectivity index (χ1v) is 11.8. The molecule has 1 aliphatic heterocycles. The maximum atomic E-state index is 13.8. The van der Waals surface area contributed by atoms with Gasteiger partial charge >= 0.3 is 5.97 Å². The molecule has 1 N–H and O–H groups in total. The van der Waals surface area contributed by atoms with E-state index in [0.29, 0.717) is 12.0 Å². The zero-order valence-corrected chi connectivity index (χ0v) is 19.3. The monoisotopic (exact) mass is 460 g/mol. The van der Waals surface area contributed by atoms with E-state index in [-0.39, 0.29) is 23.6 Å². The molecule has 1 aliphatic carbocycles. The Hall–Kier alpha value is -4.25. The second kappa shape index (κ2) is 8.51. The molecule has 1 aromatic heterocycles. The van der Waals surface area contributed by atoms with Gasteiger partial charge in [0.25, 0.3) is 0 Å². The largest absolute Gasteiger partial charge is 0.465 e. The number of anilines is 1. The van der Waals surface area contributed by atoms with Crippen LogP contribution in [0.5, 0.6) is 0 Å². The average molecular weight is 461 g/mol.